The molecular formula is C32H36Cl2N4O2. The molecule has 2 atom stereocenters. The van der Waals surface area contributed by atoms with Crippen LogP contribution in [0.5, 0.6) is 5.75 Å². The first-order valence-electron chi connectivity index (χ1n) is 13.8. The van der Waals surface area contributed by atoms with Crippen LogP contribution >= 0.6 is 23.2 Å². The number of amidine groups is 1. The van der Waals surface area contributed by atoms with Gasteiger partial charge in [0.25, 0.3) is 0 Å². The Morgan fingerprint density at radius 3 is 2.12 bits per heavy atom. The minimum Gasteiger partial charge on any atom is -0.493 e. The lowest BCUT2D eigenvalue weighted by molar-refractivity contribution is 0.157. The number of aliphatic imine (C=N–C) groups is 1. The molecule has 1 saturated heterocycles. The number of hydrogen-bond donors (Lipinski definition) is 1. The fourth-order valence-corrected chi connectivity index (χ4v) is 5.56. The van der Waals surface area contributed by atoms with Crippen LogP contribution in [-0.4, -0.2) is 54.5 Å². The van der Waals surface area contributed by atoms with Crippen molar-refractivity contribution in [3.05, 3.63) is 99.0 Å². The van der Waals surface area contributed by atoms with Crippen LogP contribution in [0.15, 0.2) is 71.7 Å². The maximum absolute atomic E-state index is 14.4. The number of carbonyl (C=O) groups is 1. The summed E-state index contributed by atoms with van der Waals surface area (Å²) in [7, 11) is 0. The van der Waals surface area contributed by atoms with Gasteiger partial charge in [0.15, 0.2) is 0 Å². The second-order valence-corrected chi connectivity index (χ2v) is 12.1. The fraction of sp³-hybridized carbons (Fsp3) is 0.375. The highest BCUT2D eigenvalue weighted by molar-refractivity contribution is 6.30. The van der Waals surface area contributed by atoms with Crippen LogP contribution in [-0.2, 0) is 5.41 Å². The molecule has 1 fully saturated rings. The fourth-order valence-electron chi connectivity index (χ4n) is 5.31. The number of benzene rings is 3. The monoisotopic (exact) mass is 578 g/mol. The van der Waals surface area contributed by atoms with E-state index in [2.05, 4.69) is 38.2 Å². The molecule has 2 aliphatic heterocycles. The Morgan fingerprint density at radius 2 is 1.55 bits per heavy atom. The summed E-state index contributed by atoms with van der Waals surface area (Å²) in [5, 5.41) is 4.64. The summed E-state index contributed by atoms with van der Waals surface area (Å²) in [5.74, 6) is 1.32. The molecule has 0 spiro atoms. The van der Waals surface area contributed by atoms with Gasteiger partial charge >= 0.3 is 6.03 Å². The van der Waals surface area contributed by atoms with E-state index in [9.17, 15) is 4.79 Å². The van der Waals surface area contributed by atoms with E-state index in [4.69, 9.17) is 32.9 Å². The molecule has 0 aliphatic carbocycles. The van der Waals surface area contributed by atoms with Crippen LogP contribution in [0.25, 0.3) is 0 Å². The van der Waals surface area contributed by atoms with Crippen molar-refractivity contribution in [1.82, 2.24) is 15.1 Å². The summed E-state index contributed by atoms with van der Waals surface area (Å²) in [5.41, 5.74) is 3.82. The number of halogens is 2. The number of hydrogen-bond acceptors (Lipinski definition) is 4. The van der Waals surface area contributed by atoms with Crippen molar-refractivity contribution >= 4 is 35.1 Å². The van der Waals surface area contributed by atoms with Crippen LogP contribution < -0.4 is 10.1 Å². The number of piperazine rings is 1. The first kappa shape index (κ1) is 28.5. The predicted octanol–water partition coefficient (Wildman–Crippen LogP) is 7.26. The van der Waals surface area contributed by atoms with Crippen LogP contribution in [0.1, 0.15) is 62.0 Å². The average Bonchev–Trinajstić information content (AvgIpc) is 3.34. The van der Waals surface area contributed by atoms with Gasteiger partial charge < -0.3 is 15.0 Å². The van der Waals surface area contributed by atoms with E-state index >= 15 is 0 Å². The van der Waals surface area contributed by atoms with Gasteiger partial charge in [-0.15, -0.1) is 0 Å². The van der Waals surface area contributed by atoms with Crippen molar-refractivity contribution in [2.75, 3.05) is 32.8 Å². The van der Waals surface area contributed by atoms with Crippen molar-refractivity contribution < 1.29 is 9.53 Å². The Balaban J connectivity index is 1.71. The largest absolute Gasteiger partial charge is 0.493 e. The highest BCUT2D eigenvalue weighted by atomic mass is 35.5. The zero-order chi connectivity index (χ0) is 28.4. The maximum Gasteiger partial charge on any atom is 0.326 e. The Bertz CT molecular complexity index is 1380. The topological polar surface area (TPSA) is 57.2 Å². The summed E-state index contributed by atoms with van der Waals surface area (Å²) < 4.78 is 6.19. The molecule has 0 unspecified atom stereocenters. The molecule has 0 radical (unpaired) electrons. The molecule has 8 heteroatoms. The number of urea groups is 1. The zero-order valence-electron chi connectivity index (χ0n) is 23.5. The lowest BCUT2D eigenvalue weighted by Crippen LogP contribution is -2.53. The Labute approximate surface area is 246 Å². The molecule has 3 aromatic carbocycles. The quantitative estimate of drug-likeness (QED) is 0.346. The lowest BCUT2D eigenvalue weighted by Gasteiger charge is -2.36. The second-order valence-electron chi connectivity index (χ2n) is 11.2. The van der Waals surface area contributed by atoms with Gasteiger partial charge in [-0.1, -0.05) is 74.3 Å². The summed E-state index contributed by atoms with van der Waals surface area (Å²) in [6.07, 6.45) is 0. The highest BCUT2D eigenvalue weighted by Crippen LogP contribution is 2.45. The van der Waals surface area contributed by atoms with Crippen LogP contribution in [0.2, 0.25) is 10.0 Å². The van der Waals surface area contributed by atoms with E-state index in [1.165, 1.54) is 0 Å². The third kappa shape index (κ3) is 5.85. The van der Waals surface area contributed by atoms with Crippen LogP contribution in [0, 0.1) is 0 Å². The molecule has 2 heterocycles. The van der Waals surface area contributed by atoms with Crippen molar-refractivity contribution in [1.29, 1.82) is 0 Å². The predicted molar refractivity (Wildman–Crippen MR) is 163 cm³/mol. The van der Waals surface area contributed by atoms with E-state index < -0.39 is 0 Å². The minimum absolute atomic E-state index is 0.0597. The normalized spacial score (nSPS) is 19.5. The number of rotatable bonds is 5. The number of amides is 2. The molecule has 0 bridgehead atoms. The summed E-state index contributed by atoms with van der Waals surface area (Å²) in [6.45, 7) is 11.8. The van der Waals surface area contributed by atoms with Gasteiger partial charge in [-0.05, 0) is 65.4 Å². The molecule has 0 saturated carbocycles. The summed E-state index contributed by atoms with van der Waals surface area (Å²) in [6, 6.07) is 20.9. The Hall–Kier alpha value is -3.06. The maximum atomic E-state index is 14.4. The molecule has 3 aromatic rings. The van der Waals surface area contributed by atoms with Crippen molar-refractivity contribution in [2.45, 2.75) is 45.2 Å². The Kier molecular flexibility index (Phi) is 8.41. The minimum atomic E-state index is -0.382. The van der Waals surface area contributed by atoms with Gasteiger partial charge in [0.2, 0.25) is 0 Å². The smallest absolute Gasteiger partial charge is 0.326 e. The molecular weight excluding hydrogens is 543 g/mol. The first-order valence-corrected chi connectivity index (χ1v) is 14.6. The third-order valence-corrected chi connectivity index (χ3v) is 7.98. The van der Waals surface area contributed by atoms with Gasteiger partial charge in [-0.3, -0.25) is 9.89 Å². The molecule has 40 heavy (non-hydrogen) atoms. The average molecular weight is 580 g/mol. The van der Waals surface area contributed by atoms with Gasteiger partial charge in [-0.2, -0.15) is 0 Å². The summed E-state index contributed by atoms with van der Waals surface area (Å²) in [4.78, 5) is 23.5. The standard InChI is InChI=1S/C32H36Cl2N4O2/c1-5-40-27-20-23(32(2,3)4)10-15-26(27)30-36-28(21-6-11-24(33)12-7-21)29(22-8-13-25(34)14-9-22)38(30)31(39)37-18-16-35-17-19-37/h6-15,20,28-29,35H,5,16-19H2,1-4H3/t28-,29+/m0/s1. The van der Waals surface area contributed by atoms with Gasteiger partial charge in [0, 0.05) is 36.2 Å². The Morgan fingerprint density at radius 1 is 0.950 bits per heavy atom. The lowest BCUT2D eigenvalue weighted by atomic mass is 9.86. The van der Waals surface area contributed by atoms with E-state index in [-0.39, 0.29) is 23.5 Å². The molecule has 5 rings (SSSR count). The highest BCUT2D eigenvalue weighted by Gasteiger charge is 2.44. The number of carbonyl (C=O) groups excluding carboxylic acids is 1. The van der Waals surface area contributed by atoms with E-state index in [1.54, 1.807) is 0 Å². The molecule has 2 amide bonds. The van der Waals surface area contributed by atoms with E-state index in [0.29, 0.717) is 35.6 Å². The number of nitrogens with one attached hydrogen (secondary N) is 1. The number of ether oxygens (including phenoxy) is 1. The van der Waals surface area contributed by atoms with Crippen LogP contribution in [0.3, 0.4) is 0 Å². The van der Waals surface area contributed by atoms with Crippen molar-refractivity contribution in [3.63, 3.8) is 0 Å². The summed E-state index contributed by atoms with van der Waals surface area (Å²) >= 11 is 12.5. The molecule has 210 valence electrons. The van der Waals surface area contributed by atoms with Gasteiger partial charge in [0.1, 0.15) is 17.6 Å². The first-order chi connectivity index (χ1) is 19.2. The zero-order valence-corrected chi connectivity index (χ0v) is 25.0. The van der Waals surface area contributed by atoms with E-state index in [1.807, 2.05) is 71.3 Å². The molecule has 2 aliphatic rings. The molecule has 0 aromatic heterocycles. The van der Waals surface area contributed by atoms with Crippen LogP contribution in [0.4, 0.5) is 4.79 Å². The molecule has 1 N–H and O–H groups in total. The third-order valence-electron chi connectivity index (χ3n) is 7.47. The van der Waals surface area contributed by atoms with Crippen molar-refractivity contribution in [3.8, 4) is 5.75 Å². The van der Waals surface area contributed by atoms with Crippen molar-refractivity contribution in [2.24, 2.45) is 4.99 Å². The van der Waals surface area contributed by atoms with Gasteiger partial charge in [-0.25, -0.2) is 4.79 Å². The molecule has 6 nitrogen and oxygen atoms in total. The van der Waals surface area contributed by atoms with E-state index in [0.717, 1.165) is 41.1 Å². The number of nitrogens with zero attached hydrogens (tertiary/aromatic N) is 3. The SMILES string of the molecule is CCOc1cc(C(C)(C)C)ccc1C1=N[C@@H](c2ccc(Cl)cc2)[C@@H](c2ccc(Cl)cc2)N1C(=O)N1CCNCC1. The second kappa shape index (κ2) is 11.8. The van der Waals surface area contributed by atoms with Gasteiger partial charge in [0.05, 0.1) is 18.2 Å².